The second-order valence-electron chi connectivity index (χ2n) is 3.85. The normalized spacial score (nSPS) is 12.4. The number of hydrogen-bond donors (Lipinski definition) is 1. The molecule has 0 radical (unpaired) electrons. The van der Waals surface area contributed by atoms with Crippen molar-refractivity contribution in [1.82, 2.24) is 9.55 Å². The van der Waals surface area contributed by atoms with Gasteiger partial charge in [-0.2, -0.15) is 0 Å². The van der Waals surface area contributed by atoms with Crippen molar-refractivity contribution in [3.05, 3.63) is 42.2 Å². The minimum Gasteiger partial charge on any atom is -0.480 e. The Hall–Kier alpha value is -2.04. The third-order valence-corrected chi connectivity index (χ3v) is 2.48. The molecule has 1 aromatic heterocycles. The highest BCUT2D eigenvalue weighted by Gasteiger charge is 2.14. The number of benzene rings is 1. The molecule has 1 aromatic carbocycles. The molecule has 4 nitrogen and oxygen atoms in total. The average molecular weight is 235 g/mol. The molecule has 0 aliphatic rings. The maximum atomic E-state index is 13.5. The van der Waals surface area contributed by atoms with Crippen molar-refractivity contribution in [1.29, 1.82) is 0 Å². The highest BCUT2D eigenvalue weighted by molar-refractivity contribution is 5.42. The van der Waals surface area contributed by atoms with E-state index in [-0.39, 0.29) is 11.9 Å². The summed E-state index contributed by atoms with van der Waals surface area (Å²) in [5.41, 5.74) is 5.84. The third-order valence-electron chi connectivity index (χ3n) is 2.48. The van der Waals surface area contributed by atoms with E-state index in [1.165, 1.54) is 12.1 Å². The molecule has 0 saturated carbocycles. The van der Waals surface area contributed by atoms with Crippen LogP contribution in [0, 0.1) is 5.82 Å². The maximum Gasteiger partial charge on any atom is 0.167 e. The molecule has 0 amide bonds. The second kappa shape index (κ2) is 4.45. The summed E-state index contributed by atoms with van der Waals surface area (Å²) in [6, 6.07) is 4.36. The van der Waals surface area contributed by atoms with Gasteiger partial charge in [0.15, 0.2) is 17.7 Å². The molecule has 0 aliphatic heterocycles. The van der Waals surface area contributed by atoms with Gasteiger partial charge in [0, 0.05) is 31.2 Å². The molecule has 5 heteroatoms. The highest BCUT2D eigenvalue weighted by Crippen LogP contribution is 2.24. The molecule has 2 N–H and O–H groups in total. The van der Waals surface area contributed by atoms with Gasteiger partial charge in [0.05, 0.1) is 0 Å². The molecule has 1 atom stereocenters. The Morgan fingerprint density at radius 2 is 2.24 bits per heavy atom. The van der Waals surface area contributed by atoms with E-state index in [2.05, 4.69) is 4.98 Å². The van der Waals surface area contributed by atoms with Crippen molar-refractivity contribution in [2.45, 2.75) is 13.0 Å². The summed E-state index contributed by atoms with van der Waals surface area (Å²) in [5.74, 6) is 0.446. The van der Waals surface area contributed by atoms with Crippen LogP contribution in [0.25, 0.3) is 0 Å². The quantitative estimate of drug-likeness (QED) is 0.830. The van der Waals surface area contributed by atoms with Crippen molar-refractivity contribution >= 4 is 5.69 Å². The molecule has 2 aromatic rings. The Bertz CT molecular complexity index is 524. The summed E-state index contributed by atoms with van der Waals surface area (Å²) in [6.07, 6.45) is 3.16. The summed E-state index contributed by atoms with van der Waals surface area (Å²) >= 11 is 0. The van der Waals surface area contributed by atoms with Gasteiger partial charge in [0.2, 0.25) is 0 Å². The number of hydrogen-bond acceptors (Lipinski definition) is 3. The number of ether oxygens (including phenoxy) is 1. The summed E-state index contributed by atoms with van der Waals surface area (Å²) in [4.78, 5) is 4.15. The molecular weight excluding hydrogens is 221 g/mol. The lowest BCUT2D eigenvalue weighted by molar-refractivity contribution is 0.203. The molecule has 90 valence electrons. The lowest BCUT2D eigenvalue weighted by Gasteiger charge is -2.15. The summed E-state index contributed by atoms with van der Waals surface area (Å²) in [5, 5.41) is 0. The fourth-order valence-electron chi connectivity index (χ4n) is 1.62. The van der Waals surface area contributed by atoms with Crippen molar-refractivity contribution in [2.24, 2.45) is 7.05 Å². The number of imidazole rings is 1. The van der Waals surface area contributed by atoms with E-state index in [0.717, 1.165) is 5.82 Å². The molecule has 0 spiro atoms. The van der Waals surface area contributed by atoms with Crippen LogP contribution in [-0.2, 0) is 7.05 Å². The zero-order chi connectivity index (χ0) is 12.4. The van der Waals surface area contributed by atoms with Crippen molar-refractivity contribution in [2.75, 3.05) is 5.73 Å². The second-order valence-corrected chi connectivity index (χ2v) is 3.85. The number of aromatic nitrogens is 2. The molecule has 1 heterocycles. The van der Waals surface area contributed by atoms with Crippen LogP contribution in [0.2, 0.25) is 0 Å². The van der Waals surface area contributed by atoms with Gasteiger partial charge < -0.3 is 15.0 Å². The lowest BCUT2D eigenvalue weighted by Crippen LogP contribution is -2.10. The molecule has 1 unspecified atom stereocenters. The number of anilines is 1. The van der Waals surface area contributed by atoms with Crippen molar-refractivity contribution < 1.29 is 9.13 Å². The van der Waals surface area contributed by atoms with E-state index in [4.69, 9.17) is 10.5 Å². The number of nitrogens with two attached hydrogens (primary N) is 1. The Kier molecular flexibility index (Phi) is 2.99. The molecule has 2 rings (SSSR count). The number of nitrogens with zero attached hydrogens (tertiary/aromatic N) is 2. The summed E-state index contributed by atoms with van der Waals surface area (Å²) in [6.45, 7) is 1.82. The lowest BCUT2D eigenvalue weighted by atomic mass is 10.3. The van der Waals surface area contributed by atoms with Crippen LogP contribution >= 0.6 is 0 Å². The van der Waals surface area contributed by atoms with Gasteiger partial charge in [-0.15, -0.1) is 0 Å². The first-order valence-electron chi connectivity index (χ1n) is 5.27. The van der Waals surface area contributed by atoms with Gasteiger partial charge in [-0.1, -0.05) is 0 Å². The zero-order valence-electron chi connectivity index (χ0n) is 9.72. The van der Waals surface area contributed by atoms with Gasteiger partial charge in [-0.05, 0) is 19.1 Å². The van der Waals surface area contributed by atoms with E-state index in [0.29, 0.717) is 5.69 Å². The zero-order valence-corrected chi connectivity index (χ0v) is 9.72. The molecule has 0 fully saturated rings. The Balaban J connectivity index is 2.19. The predicted molar refractivity (Wildman–Crippen MR) is 63.1 cm³/mol. The first-order valence-corrected chi connectivity index (χ1v) is 5.27. The molecule has 0 saturated heterocycles. The van der Waals surface area contributed by atoms with E-state index in [1.54, 1.807) is 12.3 Å². The van der Waals surface area contributed by atoms with Gasteiger partial charge in [-0.3, -0.25) is 0 Å². The molecule has 0 bridgehead atoms. The van der Waals surface area contributed by atoms with Crippen LogP contribution in [-0.4, -0.2) is 9.55 Å². The van der Waals surface area contributed by atoms with E-state index in [9.17, 15) is 4.39 Å². The largest absolute Gasteiger partial charge is 0.480 e. The summed E-state index contributed by atoms with van der Waals surface area (Å²) in [7, 11) is 1.86. The molecule has 0 aliphatic carbocycles. The van der Waals surface area contributed by atoms with Crippen LogP contribution in [0.1, 0.15) is 18.9 Å². The Morgan fingerprint density at radius 3 is 2.82 bits per heavy atom. The van der Waals surface area contributed by atoms with Crippen LogP contribution in [0.4, 0.5) is 10.1 Å². The first kappa shape index (κ1) is 11.4. The molecular formula is C12H14FN3O. The summed E-state index contributed by atoms with van der Waals surface area (Å²) < 4.78 is 20.9. The van der Waals surface area contributed by atoms with Crippen LogP contribution < -0.4 is 10.5 Å². The minimum absolute atomic E-state index is 0.176. The fraction of sp³-hybridized carbons (Fsp3) is 0.250. The van der Waals surface area contributed by atoms with E-state index < -0.39 is 5.82 Å². The van der Waals surface area contributed by atoms with E-state index >= 15 is 0 Å². The minimum atomic E-state index is -0.467. The standard InChI is InChI=1S/C12H14FN3O/c1-8(12-15-5-6-16(12)2)17-11-4-3-9(14)7-10(11)13/h3-8H,14H2,1-2H3. The van der Waals surface area contributed by atoms with Gasteiger partial charge >= 0.3 is 0 Å². The monoisotopic (exact) mass is 235 g/mol. The topological polar surface area (TPSA) is 53.1 Å². The van der Waals surface area contributed by atoms with Gasteiger partial charge in [0.25, 0.3) is 0 Å². The van der Waals surface area contributed by atoms with Gasteiger partial charge in [-0.25, -0.2) is 9.37 Å². The number of rotatable bonds is 3. The van der Waals surface area contributed by atoms with Gasteiger partial charge in [0.1, 0.15) is 5.82 Å². The predicted octanol–water partition coefficient (Wildman–Crippen LogP) is 2.28. The van der Waals surface area contributed by atoms with Crippen LogP contribution in [0.5, 0.6) is 5.75 Å². The van der Waals surface area contributed by atoms with Crippen molar-refractivity contribution in [3.63, 3.8) is 0 Å². The fourth-order valence-corrected chi connectivity index (χ4v) is 1.62. The smallest absolute Gasteiger partial charge is 0.167 e. The highest BCUT2D eigenvalue weighted by atomic mass is 19.1. The maximum absolute atomic E-state index is 13.5. The number of halogens is 1. The first-order chi connectivity index (χ1) is 8.08. The van der Waals surface area contributed by atoms with Crippen LogP contribution in [0.15, 0.2) is 30.6 Å². The van der Waals surface area contributed by atoms with Crippen LogP contribution in [0.3, 0.4) is 0 Å². The Morgan fingerprint density at radius 1 is 1.47 bits per heavy atom. The van der Waals surface area contributed by atoms with Crippen molar-refractivity contribution in [3.8, 4) is 5.75 Å². The average Bonchev–Trinajstić information content (AvgIpc) is 2.68. The SMILES string of the molecule is CC(Oc1ccc(N)cc1F)c1nccn1C. The van der Waals surface area contributed by atoms with E-state index in [1.807, 2.05) is 24.7 Å². The molecule has 17 heavy (non-hydrogen) atoms. The number of nitrogen functional groups attached to an aromatic ring is 1. The Labute approximate surface area is 98.8 Å². The number of aryl methyl sites for hydroxylation is 1. The third kappa shape index (κ3) is 2.38.